The molecule has 4 fully saturated rings. The monoisotopic (exact) mass is 283 g/mol. The standard InChI is InChI=1S/C20H27O/c1-2-4-16(5-3-1)17-6-10-19-12-8-18-9-13-20(11-7-17,15-14-19)21(18)19/h1-5,17-18H,6-15H2/q+1/t17?,18?,19-,20+. The molecule has 112 valence electrons. The van der Waals surface area contributed by atoms with Crippen molar-refractivity contribution < 1.29 is 4.37 Å². The minimum absolute atomic E-state index is 0.536. The molecule has 4 aliphatic rings. The van der Waals surface area contributed by atoms with E-state index in [1.165, 1.54) is 64.2 Å². The largest absolute Gasteiger partial charge is 0.411 e. The van der Waals surface area contributed by atoms with Crippen LogP contribution >= 0.6 is 0 Å². The molecule has 0 radical (unpaired) electrons. The Morgan fingerprint density at radius 3 is 1.90 bits per heavy atom. The Bertz CT molecular complexity index is 510. The van der Waals surface area contributed by atoms with E-state index in [1.54, 1.807) is 5.56 Å². The van der Waals surface area contributed by atoms with Crippen LogP contribution in [-0.4, -0.2) is 17.3 Å². The van der Waals surface area contributed by atoms with E-state index in [0.29, 0.717) is 11.2 Å². The molecular formula is C20H27O+. The van der Waals surface area contributed by atoms with E-state index in [-0.39, 0.29) is 0 Å². The van der Waals surface area contributed by atoms with E-state index in [0.717, 1.165) is 12.0 Å². The normalized spacial score (nSPS) is 45.3. The van der Waals surface area contributed by atoms with Crippen LogP contribution in [0, 0.1) is 0 Å². The number of benzene rings is 1. The number of hydrogen-bond acceptors (Lipinski definition) is 0. The maximum absolute atomic E-state index is 4.06. The average molecular weight is 283 g/mol. The minimum Gasteiger partial charge on any atom is -0.411 e. The Balaban J connectivity index is 1.49. The van der Waals surface area contributed by atoms with E-state index < -0.39 is 0 Å². The molecule has 2 unspecified atom stereocenters. The maximum Gasteiger partial charge on any atom is 0.166 e. The summed E-state index contributed by atoms with van der Waals surface area (Å²) in [5.41, 5.74) is 2.67. The maximum atomic E-state index is 4.06. The lowest BCUT2D eigenvalue weighted by Crippen LogP contribution is -2.43. The van der Waals surface area contributed by atoms with Gasteiger partial charge in [0.25, 0.3) is 0 Å². The molecule has 5 rings (SSSR count). The third-order valence-electron chi connectivity index (χ3n) is 7.31. The Kier molecular flexibility index (Phi) is 2.63. The van der Waals surface area contributed by atoms with Crippen LogP contribution in [0.3, 0.4) is 0 Å². The van der Waals surface area contributed by atoms with Crippen LogP contribution in [0.1, 0.15) is 75.7 Å². The zero-order valence-corrected chi connectivity index (χ0v) is 13.0. The van der Waals surface area contributed by atoms with Gasteiger partial charge in [0.1, 0.15) is 0 Å². The van der Waals surface area contributed by atoms with Gasteiger partial charge in [0.2, 0.25) is 0 Å². The minimum atomic E-state index is 0.536. The first kappa shape index (κ1) is 12.7. The predicted octanol–water partition coefficient (Wildman–Crippen LogP) is 5.12. The van der Waals surface area contributed by atoms with Crippen molar-refractivity contribution in [3.63, 3.8) is 0 Å². The molecular weight excluding hydrogens is 256 g/mol. The van der Waals surface area contributed by atoms with Gasteiger partial charge in [0.15, 0.2) is 17.3 Å². The van der Waals surface area contributed by atoms with Gasteiger partial charge in [-0.25, -0.2) is 0 Å². The summed E-state index contributed by atoms with van der Waals surface area (Å²) < 4.78 is 4.06. The van der Waals surface area contributed by atoms with Crippen molar-refractivity contribution in [2.24, 2.45) is 0 Å². The summed E-state index contributed by atoms with van der Waals surface area (Å²) in [6.07, 6.45) is 15.3. The lowest BCUT2D eigenvalue weighted by Gasteiger charge is -2.40. The highest BCUT2D eigenvalue weighted by molar-refractivity contribution is 5.21. The van der Waals surface area contributed by atoms with E-state index in [2.05, 4.69) is 34.7 Å². The van der Waals surface area contributed by atoms with Crippen molar-refractivity contribution >= 4 is 0 Å². The van der Waals surface area contributed by atoms with Crippen LogP contribution in [-0.2, 0) is 4.37 Å². The average Bonchev–Trinajstić information content (AvgIpc) is 3.15. The van der Waals surface area contributed by atoms with Crippen LogP contribution in [0.15, 0.2) is 30.3 Å². The van der Waals surface area contributed by atoms with Gasteiger partial charge in [-0.2, -0.15) is 0 Å². The van der Waals surface area contributed by atoms with Crippen molar-refractivity contribution in [1.82, 2.24) is 0 Å². The summed E-state index contributed by atoms with van der Waals surface area (Å²) in [7, 11) is 0. The van der Waals surface area contributed by atoms with Crippen LogP contribution in [0.4, 0.5) is 0 Å². The number of rotatable bonds is 1. The Morgan fingerprint density at radius 1 is 0.714 bits per heavy atom. The van der Waals surface area contributed by atoms with Crippen LogP contribution < -0.4 is 0 Å². The van der Waals surface area contributed by atoms with Crippen molar-refractivity contribution in [2.45, 2.75) is 87.4 Å². The molecule has 0 saturated carbocycles. The van der Waals surface area contributed by atoms with Crippen molar-refractivity contribution in [1.29, 1.82) is 0 Å². The summed E-state index contributed by atoms with van der Waals surface area (Å²) in [4.78, 5) is 0. The van der Waals surface area contributed by atoms with Crippen molar-refractivity contribution in [3.05, 3.63) is 35.9 Å². The van der Waals surface area contributed by atoms with Gasteiger partial charge in [0.05, 0.1) is 0 Å². The molecule has 0 N–H and O–H groups in total. The van der Waals surface area contributed by atoms with E-state index in [4.69, 9.17) is 0 Å². The first-order valence-corrected chi connectivity index (χ1v) is 9.10. The van der Waals surface area contributed by atoms with Crippen LogP contribution in [0.2, 0.25) is 0 Å². The molecule has 1 aromatic carbocycles. The first-order valence-electron chi connectivity index (χ1n) is 9.10. The fourth-order valence-electron chi connectivity index (χ4n) is 6.34. The molecule has 1 nitrogen and oxygen atoms in total. The highest BCUT2D eigenvalue weighted by Gasteiger charge is 2.70. The molecule has 0 aliphatic carbocycles. The molecule has 1 heteroatoms. The molecule has 4 atom stereocenters. The second-order valence-corrected chi connectivity index (χ2v) is 8.09. The second-order valence-electron chi connectivity index (χ2n) is 8.09. The Hall–Kier alpha value is -0.820. The van der Waals surface area contributed by atoms with Gasteiger partial charge in [0, 0.05) is 51.4 Å². The van der Waals surface area contributed by atoms with Gasteiger partial charge in [-0.15, -0.1) is 0 Å². The summed E-state index contributed by atoms with van der Waals surface area (Å²) in [5, 5.41) is 0. The van der Waals surface area contributed by atoms with Gasteiger partial charge in [-0.05, 0) is 24.3 Å². The quantitative estimate of drug-likeness (QED) is 0.629. The third-order valence-corrected chi connectivity index (χ3v) is 7.31. The molecule has 1 aromatic rings. The van der Waals surface area contributed by atoms with Crippen LogP contribution in [0.5, 0.6) is 0 Å². The SMILES string of the molecule is c1ccc(C2CC[C@]34CCC5CC[C@](CC2)(CC3)[O+]54)cc1. The third kappa shape index (κ3) is 1.67. The highest BCUT2D eigenvalue weighted by Crippen LogP contribution is 2.65. The second kappa shape index (κ2) is 4.35. The molecule has 0 spiro atoms. The molecule has 4 saturated heterocycles. The van der Waals surface area contributed by atoms with Gasteiger partial charge in [-0.3, -0.25) is 0 Å². The Labute approximate surface area is 128 Å². The molecule has 4 heterocycles. The van der Waals surface area contributed by atoms with Crippen molar-refractivity contribution in [2.75, 3.05) is 0 Å². The lowest BCUT2D eigenvalue weighted by molar-refractivity contribution is -0.289. The summed E-state index contributed by atoms with van der Waals surface area (Å²) in [6, 6.07) is 11.3. The van der Waals surface area contributed by atoms with E-state index in [9.17, 15) is 0 Å². The summed E-state index contributed by atoms with van der Waals surface area (Å²) in [5.74, 6) is 0.806. The fourth-order valence-corrected chi connectivity index (χ4v) is 6.34. The van der Waals surface area contributed by atoms with Gasteiger partial charge in [-0.1, -0.05) is 30.3 Å². The fraction of sp³-hybridized carbons (Fsp3) is 0.700. The van der Waals surface area contributed by atoms with E-state index in [1.807, 2.05) is 0 Å². The first-order chi connectivity index (χ1) is 10.3. The zero-order valence-electron chi connectivity index (χ0n) is 13.0. The molecule has 0 amide bonds. The smallest absolute Gasteiger partial charge is 0.166 e. The molecule has 4 aliphatic heterocycles. The predicted molar refractivity (Wildman–Crippen MR) is 85.7 cm³/mol. The molecule has 2 bridgehead atoms. The number of hydrogen-bond donors (Lipinski definition) is 0. The van der Waals surface area contributed by atoms with Gasteiger partial charge < -0.3 is 4.37 Å². The van der Waals surface area contributed by atoms with E-state index >= 15 is 0 Å². The zero-order chi connectivity index (χ0) is 13.9. The summed E-state index contributed by atoms with van der Waals surface area (Å²) >= 11 is 0. The lowest BCUT2D eigenvalue weighted by atomic mass is 9.82. The highest BCUT2D eigenvalue weighted by atomic mass is 16.7. The topological polar surface area (TPSA) is 2.70 Å². The Morgan fingerprint density at radius 2 is 1.29 bits per heavy atom. The van der Waals surface area contributed by atoms with Gasteiger partial charge >= 0.3 is 0 Å². The van der Waals surface area contributed by atoms with Crippen molar-refractivity contribution in [3.8, 4) is 0 Å². The summed E-state index contributed by atoms with van der Waals surface area (Å²) in [6.45, 7) is 0. The molecule has 21 heavy (non-hydrogen) atoms. The molecule has 0 aromatic heterocycles. The van der Waals surface area contributed by atoms with Crippen LogP contribution in [0.25, 0.3) is 0 Å².